The maximum atomic E-state index is 5.20. The molecule has 1 unspecified atom stereocenters. The number of H-pyrrole nitrogens is 1. The summed E-state index contributed by atoms with van der Waals surface area (Å²) in [5, 5.41) is 0. The minimum Gasteiger partial charge on any atom is -0.481 e. The second-order valence-corrected chi connectivity index (χ2v) is 5.82. The third-order valence-corrected chi connectivity index (χ3v) is 4.33. The molecule has 23 heavy (non-hydrogen) atoms. The largest absolute Gasteiger partial charge is 0.481 e. The standard InChI is InChI=1S/C17H19N5O/c1-23-15-8-9-18-17(21-15)22-10-4-5-12(11-22)16-19-13-6-2-3-7-14(13)20-16/h2-3,6-9,12H,4-5,10-11H2,1H3,(H,19,20). The van der Waals surface area contributed by atoms with E-state index >= 15 is 0 Å². The van der Waals surface area contributed by atoms with E-state index in [2.05, 4.69) is 25.9 Å². The van der Waals surface area contributed by atoms with Gasteiger partial charge in [0.25, 0.3) is 0 Å². The molecule has 6 heteroatoms. The highest BCUT2D eigenvalue weighted by atomic mass is 16.5. The number of rotatable bonds is 3. The number of aromatic nitrogens is 4. The molecule has 3 aromatic rings. The van der Waals surface area contributed by atoms with E-state index in [9.17, 15) is 0 Å². The molecule has 6 nitrogen and oxygen atoms in total. The first kappa shape index (κ1) is 14.0. The van der Waals surface area contributed by atoms with E-state index in [4.69, 9.17) is 9.72 Å². The molecule has 118 valence electrons. The zero-order chi connectivity index (χ0) is 15.6. The molecule has 1 aliphatic rings. The summed E-state index contributed by atoms with van der Waals surface area (Å²) in [6, 6.07) is 9.93. The number of methoxy groups -OCH3 is 1. The van der Waals surface area contributed by atoms with E-state index < -0.39 is 0 Å². The number of piperidine rings is 1. The van der Waals surface area contributed by atoms with Crippen LogP contribution in [0.2, 0.25) is 0 Å². The zero-order valence-corrected chi connectivity index (χ0v) is 13.1. The SMILES string of the molecule is COc1ccnc(N2CCCC(c3nc4ccccc4[nH]3)C2)n1. The smallest absolute Gasteiger partial charge is 0.228 e. The lowest BCUT2D eigenvalue weighted by atomic mass is 9.98. The third-order valence-electron chi connectivity index (χ3n) is 4.33. The van der Waals surface area contributed by atoms with Crippen molar-refractivity contribution in [2.45, 2.75) is 18.8 Å². The Morgan fingerprint density at radius 3 is 3.00 bits per heavy atom. The number of aromatic amines is 1. The van der Waals surface area contributed by atoms with Gasteiger partial charge >= 0.3 is 0 Å². The molecule has 2 aromatic heterocycles. The van der Waals surface area contributed by atoms with Crippen LogP contribution in [-0.2, 0) is 0 Å². The minimum absolute atomic E-state index is 0.367. The number of para-hydroxylation sites is 2. The molecule has 0 saturated carbocycles. The number of imidazole rings is 1. The van der Waals surface area contributed by atoms with Gasteiger partial charge in [-0.1, -0.05) is 12.1 Å². The number of nitrogens with zero attached hydrogens (tertiary/aromatic N) is 4. The Morgan fingerprint density at radius 1 is 1.22 bits per heavy atom. The van der Waals surface area contributed by atoms with Crippen LogP contribution in [0.1, 0.15) is 24.6 Å². The van der Waals surface area contributed by atoms with Crippen LogP contribution in [0.4, 0.5) is 5.95 Å². The summed E-state index contributed by atoms with van der Waals surface area (Å²) in [4.78, 5) is 19.3. The Morgan fingerprint density at radius 2 is 2.13 bits per heavy atom. The monoisotopic (exact) mass is 309 g/mol. The molecule has 0 radical (unpaired) electrons. The van der Waals surface area contributed by atoms with Crippen LogP contribution in [0, 0.1) is 0 Å². The maximum absolute atomic E-state index is 5.20. The number of benzene rings is 1. The molecule has 1 fully saturated rings. The number of hydrogen-bond acceptors (Lipinski definition) is 5. The van der Waals surface area contributed by atoms with E-state index in [0.29, 0.717) is 11.8 Å². The molecule has 0 spiro atoms. The lowest BCUT2D eigenvalue weighted by Crippen LogP contribution is -2.35. The second kappa shape index (κ2) is 5.87. The van der Waals surface area contributed by atoms with Gasteiger partial charge in [0, 0.05) is 31.3 Å². The van der Waals surface area contributed by atoms with Crippen LogP contribution in [0.25, 0.3) is 11.0 Å². The lowest BCUT2D eigenvalue weighted by Gasteiger charge is -2.31. The van der Waals surface area contributed by atoms with E-state index in [1.165, 1.54) is 0 Å². The van der Waals surface area contributed by atoms with Gasteiger partial charge in [0.15, 0.2) is 0 Å². The van der Waals surface area contributed by atoms with E-state index in [1.807, 2.05) is 18.2 Å². The van der Waals surface area contributed by atoms with Crippen LogP contribution in [0.5, 0.6) is 5.88 Å². The van der Waals surface area contributed by atoms with Crippen LogP contribution in [0.15, 0.2) is 36.5 Å². The molecule has 1 N–H and O–H groups in total. The van der Waals surface area contributed by atoms with Crippen LogP contribution in [0.3, 0.4) is 0 Å². The van der Waals surface area contributed by atoms with E-state index in [1.54, 1.807) is 19.4 Å². The minimum atomic E-state index is 0.367. The zero-order valence-electron chi connectivity index (χ0n) is 13.1. The molecular weight excluding hydrogens is 290 g/mol. The molecule has 1 aliphatic heterocycles. The van der Waals surface area contributed by atoms with Crippen LogP contribution >= 0.6 is 0 Å². The van der Waals surface area contributed by atoms with Crippen molar-refractivity contribution in [3.8, 4) is 5.88 Å². The van der Waals surface area contributed by atoms with Crippen molar-refractivity contribution in [3.05, 3.63) is 42.4 Å². The Bertz CT molecular complexity index is 782. The molecule has 1 aromatic carbocycles. The first-order valence-electron chi connectivity index (χ1n) is 7.90. The predicted octanol–water partition coefficient (Wildman–Crippen LogP) is 2.75. The van der Waals surface area contributed by atoms with Crippen molar-refractivity contribution in [3.63, 3.8) is 0 Å². The highest BCUT2D eigenvalue weighted by Crippen LogP contribution is 2.28. The molecule has 4 rings (SSSR count). The van der Waals surface area contributed by atoms with Gasteiger partial charge in [-0.05, 0) is 25.0 Å². The van der Waals surface area contributed by atoms with Crippen LogP contribution in [-0.4, -0.2) is 40.1 Å². The summed E-state index contributed by atoms with van der Waals surface area (Å²) in [5.74, 6) is 2.75. The van der Waals surface area contributed by atoms with E-state index in [-0.39, 0.29) is 0 Å². The molecule has 0 amide bonds. The second-order valence-electron chi connectivity index (χ2n) is 5.82. The maximum Gasteiger partial charge on any atom is 0.228 e. The predicted molar refractivity (Wildman–Crippen MR) is 88.9 cm³/mol. The van der Waals surface area contributed by atoms with Crippen molar-refractivity contribution in [1.29, 1.82) is 0 Å². The molecule has 3 heterocycles. The van der Waals surface area contributed by atoms with Crippen molar-refractivity contribution >= 4 is 17.0 Å². The van der Waals surface area contributed by atoms with Gasteiger partial charge in [0.1, 0.15) is 5.82 Å². The van der Waals surface area contributed by atoms with E-state index in [0.717, 1.165) is 48.7 Å². The Kier molecular flexibility index (Phi) is 3.57. The first-order chi connectivity index (χ1) is 11.3. The summed E-state index contributed by atoms with van der Waals surface area (Å²) in [6.07, 6.45) is 3.97. The fraction of sp³-hybridized carbons (Fsp3) is 0.353. The Labute approximate surface area is 134 Å². The number of ether oxygens (including phenoxy) is 1. The van der Waals surface area contributed by atoms with Gasteiger partial charge in [-0.3, -0.25) is 0 Å². The normalized spacial score (nSPS) is 18.3. The first-order valence-corrected chi connectivity index (χ1v) is 7.90. The summed E-state index contributed by atoms with van der Waals surface area (Å²) in [5.41, 5.74) is 2.12. The molecule has 0 bridgehead atoms. The molecule has 1 saturated heterocycles. The van der Waals surface area contributed by atoms with Crippen molar-refractivity contribution < 1.29 is 4.74 Å². The number of hydrogen-bond donors (Lipinski definition) is 1. The highest BCUT2D eigenvalue weighted by molar-refractivity contribution is 5.74. The molecule has 0 aliphatic carbocycles. The van der Waals surface area contributed by atoms with Crippen molar-refractivity contribution in [2.75, 3.05) is 25.1 Å². The summed E-state index contributed by atoms with van der Waals surface area (Å²) < 4.78 is 5.20. The van der Waals surface area contributed by atoms with Gasteiger partial charge in [-0.2, -0.15) is 4.98 Å². The van der Waals surface area contributed by atoms with Crippen LogP contribution < -0.4 is 9.64 Å². The number of anilines is 1. The van der Waals surface area contributed by atoms with Crippen molar-refractivity contribution in [2.24, 2.45) is 0 Å². The number of fused-ring (bicyclic) bond motifs is 1. The fourth-order valence-corrected chi connectivity index (χ4v) is 3.15. The fourth-order valence-electron chi connectivity index (χ4n) is 3.15. The number of nitrogens with one attached hydrogen (secondary N) is 1. The Hall–Kier alpha value is -2.63. The third kappa shape index (κ3) is 2.72. The molecular formula is C17H19N5O. The van der Waals surface area contributed by atoms with Gasteiger partial charge in [0.2, 0.25) is 11.8 Å². The average molecular weight is 309 g/mol. The molecule has 1 atom stereocenters. The topological polar surface area (TPSA) is 66.9 Å². The Balaban J connectivity index is 1.58. The highest BCUT2D eigenvalue weighted by Gasteiger charge is 2.25. The van der Waals surface area contributed by atoms with Gasteiger partial charge in [0.05, 0.1) is 18.1 Å². The van der Waals surface area contributed by atoms with Gasteiger partial charge in [-0.25, -0.2) is 9.97 Å². The van der Waals surface area contributed by atoms with Gasteiger partial charge in [-0.15, -0.1) is 0 Å². The average Bonchev–Trinajstić information content (AvgIpc) is 3.06. The summed E-state index contributed by atoms with van der Waals surface area (Å²) in [6.45, 7) is 1.83. The quantitative estimate of drug-likeness (QED) is 0.806. The summed E-state index contributed by atoms with van der Waals surface area (Å²) in [7, 11) is 1.62. The van der Waals surface area contributed by atoms with Crippen molar-refractivity contribution in [1.82, 2.24) is 19.9 Å². The van der Waals surface area contributed by atoms with Gasteiger partial charge < -0.3 is 14.6 Å². The lowest BCUT2D eigenvalue weighted by molar-refractivity contribution is 0.395. The summed E-state index contributed by atoms with van der Waals surface area (Å²) >= 11 is 0.